The molecule has 1 heterocycles. The number of benzene rings is 1. The molecular weight excluding hydrogens is 279 g/mol. The molecule has 0 aliphatic heterocycles. The van der Waals surface area contributed by atoms with Crippen molar-refractivity contribution in [2.75, 3.05) is 11.1 Å². The van der Waals surface area contributed by atoms with Crippen LogP contribution in [0.3, 0.4) is 0 Å². The minimum Gasteiger partial charge on any atom is -0.396 e. The number of nitrogen functional groups attached to an aromatic ring is 1. The maximum Gasteiger partial charge on any atom is 0.253 e. The van der Waals surface area contributed by atoms with Crippen molar-refractivity contribution in [2.45, 2.75) is 6.54 Å². The average molecular weight is 290 g/mol. The molecule has 0 saturated heterocycles. The number of anilines is 2. The van der Waals surface area contributed by atoms with Crippen LogP contribution < -0.4 is 16.8 Å². The van der Waals surface area contributed by atoms with Crippen molar-refractivity contribution in [1.29, 1.82) is 5.26 Å². The lowest BCUT2D eigenvalue weighted by molar-refractivity contribution is 0.100. The van der Waals surface area contributed by atoms with Gasteiger partial charge in [0.1, 0.15) is 21.8 Å². The highest BCUT2D eigenvalue weighted by atomic mass is 32.1. The molecule has 0 unspecified atom stereocenters. The van der Waals surface area contributed by atoms with E-state index in [1.54, 1.807) is 12.1 Å². The Morgan fingerprint density at radius 1 is 1.40 bits per heavy atom. The number of nitriles is 1. The van der Waals surface area contributed by atoms with E-state index in [1.807, 2.05) is 6.07 Å². The predicted octanol–water partition coefficient (Wildman–Crippen LogP) is 2.05. The summed E-state index contributed by atoms with van der Waals surface area (Å²) < 4.78 is 12.8. The average Bonchev–Trinajstić information content (AvgIpc) is 2.74. The number of hydrogen-bond donors (Lipinski definition) is 3. The number of rotatable bonds is 4. The van der Waals surface area contributed by atoms with E-state index in [9.17, 15) is 9.18 Å². The molecule has 0 fully saturated rings. The number of nitrogens with one attached hydrogen (secondary N) is 1. The minimum absolute atomic E-state index is 0.0895. The first-order chi connectivity index (χ1) is 9.52. The van der Waals surface area contributed by atoms with Crippen molar-refractivity contribution in [3.63, 3.8) is 0 Å². The number of thiophene rings is 1. The summed E-state index contributed by atoms with van der Waals surface area (Å²) in [6.07, 6.45) is 0. The van der Waals surface area contributed by atoms with Crippen molar-refractivity contribution < 1.29 is 9.18 Å². The molecule has 5 N–H and O–H groups in total. The van der Waals surface area contributed by atoms with Crippen LogP contribution in [-0.4, -0.2) is 5.91 Å². The summed E-state index contributed by atoms with van der Waals surface area (Å²) in [6, 6.07) is 7.84. The van der Waals surface area contributed by atoms with Crippen molar-refractivity contribution in [2.24, 2.45) is 5.73 Å². The van der Waals surface area contributed by atoms with Gasteiger partial charge in [-0.2, -0.15) is 5.26 Å². The van der Waals surface area contributed by atoms with Gasteiger partial charge < -0.3 is 16.8 Å². The zero-order valence-electron chi connectivity index (χ0n) is 10.3. The molecule has 0 aliphatic rings. The van der Waals surface area contributed by atoms with Crippen LogP contribution in [0.5, 0.6) is 0 Å². The van der Waals surface area contributed by atoms with E-state index in [4.69, 9.17) is 16.7 Å². The topological polar surface area (TPSA) is 105 Å². The van der Waals surface area contributed by atoms with Crippen LogP contribution in [0.1, 0.15) is 20.8 Å². The maximum atomic E-state index is 12.8. The van der Waals surface area contributed by atoms with E-state index < -0.39 is 5.91 Å². The van der Waals surface area contributed by atoms with E-state index >= 15 is 0 Å². The normalized spacial score (nSPS) is 10.0. The number of nitrogens with zero attached hydrogens (tertiary/aromatic N) is 1. The highest BCUT2D eigenvalue weighted by molar-refractivity contribution is 7.17. The van der Waals surface area contributed by atoms with Crippen molar-refractivity contribution in [3.8, 4) is 6.07 Å². The van der Waals surface area contributed by atoms with Crippen molar-refractivity contribution in [3.05, 3.63) is 46.1 Å². The molecule has 102 valence electrons. The van der Waals surface area contributed by atoms with Gasteiger partial charge in [0.15, 0.2) is 0 Å². The lowest BCUT2D eigenvalue weighted by atomic mass is 10.2. The first-order valence-electron chi connectivity index (χ1n) is 5.63. The van der Waals surface area contributed by atoms with Crippen LogP contribution in [0.2, 0.25) is 0 Å². The predicted molar refractivity (Wildman–Crippen MR) is 75.7 cm³/mol. The number of primary amides is 1. The zero-order valence-corrected chi connectivity index (χ0v) is 11.1. The number of carbonyl (C=O) groups is 1. The Kier molecular flexibility index (Phi) is 3.86. The van der Waals surface area contributed by atoms with Crippen LogP contribution in [0.4, 0.5) is 15.1 Å². The summed E-state index contributed by atoms with van der Waals surface area (Å²) in [5.74, 6) is -1.01. The molecule has 0 radical (unpaired) electrons. The molecule has 0 spiro atoms. The van der Waals surface area contributed by atoms with Gasteiger partial charge in [0.2, 0.25) is 0 Å². The lowest BCUT2D eigenvalue weighted by Gasteiger charge is -2.06. The second kappa shape index (κ2) is 5.59. The zero-order chi connectivity index (χ0) is 14.7. The summed E-state index contributed by atoms with van der Waals surface area (Å²) in [5.41, 5.74) is 12.0. The standard InChI is InChI=1S/C13H11FN4OS/c14-8-3-1-7(2-4-8)6-18-13-10(12(17)19)11(16)9(5-15)20-13/h1-4,18H,6,16H2,(H2,17,19). The van der Waals surface area contributed by atoms with E-state index in [0.29, 0.717) is 11.5 Å². The Hall–Kier alpha value is -2.59. The monoisotopic (exact) mass is 290 g/mol. The van der Waals surface area contributed by atoms with E-state index in [1.165, 1.54) is 12.1 Å². The number of nitrogens with two attached hydrogens (primary N) is 2. The summed E-state index contributed by atoms with van der Waals surface area (Å²) in [5, 5.41) is 12.3. The van der Waals surface area contributed by atoms with Crippen LogP contribution in [0.15, 0.2) is 24.3 Å². The number of amides is 1. The molecule has 0 aliphatic carbocycles. The van der Waals surface area contributed by atoms with Gasteiger partial charge in [0, 0.05) is 6.54 Å². The molecule has 2 rings (SSSR count). The van der Waals surface area contributed by atoms with Gasteiger partial charge in [0.25, 0.3) is 5.91 Å². The van der Waals surface area contributed by atoms with Crippen molar-refractivity contribution >= 4 is 27.9 Å². The van der Waals surface area contributed by atoms with Gasteiger partial charge in [-0.1, -0.05) is 12.1 Å². The second-order valence-corrected chi connectivity index (χ2v) is 5.03. The summed E-state index contributed by atoms with van der Waals surface area (Å²) >= 11 is 1.06. The van der Waals surface area contributed by atoms with Gasteiger partial charge in [-0.3, -0.25) is 4.79 Å². The van der Waals surface area contributed by atoms with Gasteiger partial charge in [0.05, 0.1) is 11.3 Å². The lowest BCUT2D eigenvalue weighted by Crippen LogP contribution is -2.14. The molecule has 0 bridgehead atoms. The summed E-state index contributed by atoms with van der Waals surface area (Å²) in [7, 11) is 0. The van der Waals surface area contributed by atoms with Crippen LogP contribution >= 0.6 is 11.3 Å². The molecule has 2 aromatic rings. The van der Waals surface area contributed by atoms with Gasteiger partial charge in [-0.15, -0.1) is 11.3 Å². The van der Waals surface area contributed by atoms with Crippen LogP contribution in [-0.2, 0) is 6.54 Å². The van der Waals surface area contributed by atoms with Gasteiger partial charge in [-0.25, -0.2) is 4.39 Å². The molecule has 5 nitrogen and oxygen atoms in total. The Morgan fingerprint density at radius 2 is 2.05 bits per heavy atom. The minimum atomic E-state index is -0.693. The first-order valence-corrected chi connectivity index (χ1v) is 6.45. The Morgan fingerprint density at radius 3 is 2.60 bits per heavy atom. The number of carbonyl (C=O) groups excluding carboxylic acids is 1. The number of hydrogen-bond acceptors (Lipinski definition) is 5. The highest BCUT2D eigenvalue weighted by Gasteiger charge is 2.19. The largest absolute Gasteiger partial charge is 0.396 e. The van der Waals surface area contributed by atoms with Gasteiger partial charge >= 0.3 is 0 Å². The maximum absolute atomic E-state index is 12.8. The molecular formula is C13H11FN4OS. The summed E-state index contributed by atoms with van der Waals surface area (Å²) in [6.45, 7) is 0.366. The quantitative estimate of drug-likeness (QED) is 0.801. The fourth-order valence-corrected chi connectivity index (χ4v) is 2.60. The third kappa shape index (κ3) is 2.70. The highest BCUT2D eigenvalue weighted by Crippen LogP contribution is 2.35. The molecule has 1 aromatic heterocycles. The van der Waals surface area contributed by atoms with E-state index in [2.05, 4.69) is 5.32 Å². The third-order valence-corrected chi connectivity index (χ3v) is 3.73. The van der Waals surface area contributed by atoms with Crippen LogP contribution in [0, 0.1) is 17.1 Å². The first kappa shape index (κ1) is 13.8. The van der Waals surface area contributed by atoms with Crippen molar-refractivity contribution in [1.82, 2.24) is 0 Å². The third-order valence-electron chi connectivity index (χ3n) is 2.66. The molecule has 0 atom stereocenters. The Bertz CT molecular complexity index is 688. The second-order valence-electron chi connectivity index (χ2n) is 4.01. The van der Waals surface area contributed by atoms with E-state index in [0.717, 1.165) is 16.9 Å². The van der Waals surface area contributed by atoms with Gasteiger partial charge in [-0.05, 0) is 17.7 Å². The molecule has 0 saturated carbocycles. The Labute approximate surface area is 118 Å². The summed E-state index contributed by atoms with van der Waals surface area (Å²) in [4.78, 5) is 11.6. The molecule has 1 amide bonds. The SMILES string of the molecule is N#Cc1sc(NCc2ccc(F)cc2)c(C(N)=O)c1N. The fraction of sp³-hybridized carbons (Fsp3) is 0.0769. The molecule has 20 heavy (non-hydrogen) atoms. The molecule has 1 aromatic carbocycles. The number of halogens is 1. The Balaban J connectivity index is 2.23. The smallest absolute Gasteiger partial charge is 0.253 e. The fourth-order valence-electron chi connectivity index (χ4n) is 1.68. The molecule has 7 heteroatoms. The van der Waals surface area contributed by atoms with Crippen LogP contribution in [0.25, 0.3) is 0 Å². The van der Waals surface area contributed by atoms with E-state index in [-0.39, 0.29) is 21.9 Å².